The smallest absolute Gasteiger partial charge is 0.337 e. The Morgan fingerprint density at radius 1 is 0.895 bits per heavy atom. The van der Waals surface area contributed by atoms with Gasteiger partial charge in [0.15, 0.2) is 6.10 Å². The third-order valence-corrected chi connectivity index (χ3v) is 7.65. The van der Waals surface area contributed by atoms with Crippen LogP contribution in [0.5, 0.6) is 0 Å². The van der Waals surface area contributed by atoms with E-state index in [-0.39, 0.29) is 0 Å². The van der Waals surface area contributed by atoms with Crippen LogP contribution >= 0.6 is 0 Å². The van der Waals surface area contributed by atoms with Crippen LogP contribution in [0.4, 0.5) is 0 Å². The topological polar surface area (TPSA) is 49.8 Å². The van der Waals surface area contributed by atoms with Gasteiger partial charge in [-0.15, -0.1) is 0 Å². The number of rotatable bonds is 6. The number of carboxylic acids is 1. The van der Waals surface area contributed by atoms with E-state index in [4.69, 9.17) is 4.74 Å². The van der Waals surface area contributed by atoms with E-state index in [1.54, 1.807) is 0 Å². The van der Waals surface area contributed by atoms with Gasteiger partial charge in [-0.25, -0.2) is 4.79 Å². The van der Waals surface area contributed by atoms with Gasteiger partial charge in [-0.05, 0) is 91.3 Å². The molecule has 1 aliphatic rings. The highest BCUT2D eigenvalue weighted by molar-refractivity contribution is 5.86. The molecule has 0 amide bonds. The number of carbonyl (C=O) groups is 1. The van der Waals surface area contributed by atoms with Crippen molar-refractivity contribution in [1.29, 1.82) is 0 Å². The summed E-state index contributed by atoms with van der Waals surface area (Å²) in [6.45, 7) is 14.5. The van der Waals surface area contributed by atoms with Crippen molar-refractivity contribution >= 4 is 16.7 Å². The highest BCUT2D eigenvalue weighted by Gasteiger charge is 2.35. The molecule has 4 aromatic carbocycles. The van der Waals surface area contributed by atoms with Gasteiger partial charge in [0.1, 0.15) is 0 Å². The molecule has 0 bridgehead atoms. The van der Waals surface area contributed by atoms with Gasteiger partial charge in [0, 0.05) is 25.2 Å². The summed E-state index contributed by atoms with van der Waals surface area (Å²) in [5.41, 5.74) is 9.39. The van der Waals surface area contributed by atoms with E-state index >= 15 is 0 Å². The molecule has 196 valence electrons. The number of aliphatic carboxylic acids is 1. The zero-order valence-corrected chi connectivity index (χ0v) is 23.3. The lowest BCUT2D eigenvalue weighted by molar-refractivity contribution is -0.160. The molecular weight excluding hydrogens is 470 g/mol. The van der Waals surface area contributed by atoms with Gasteiger partial charge in [-0.3, -0.25) is 4.90 Å². The first-order valence-corrected chi connectivity index (χ1v) is 13.3. The van der Waals surface area contributed by atoms with Crippen molar-refractivity contribution in [2.24, 2.45) is 0 Å². The molecule has 1 N–H and O–H groups in total. The number of carboxylic acid groups (broad SMARTS) is 1. The molecule has 4 aromatic rings. The van der Waals surface area contributed by atoms with Gasteiger partial charge >= 0.3 is 5.97 Å². The van der Waals surface area contributed by atoms with Crippen LogP contribution in [0.25, 0.3) is 21.9 Å². The minimum atomic E-state index is -1.05. The van der Waals surface area contributed by atoms with Crippen molar-refractivity contribution in [2.75, 3.05) is 0 Å². The van der Waals surface area contributed by atoms with E-state index in [1.165, 1.54) is 33.0 Å². The molecule has 1 atom stereocenters. The van der Waals surface area contributed by atoms with Crippen LogP contribution in [0.2, 0.25) is 0 Å². The van der Waals surface area contributed by atoms with Gasteiger partial charge in [0.05, 0.1) is 5.60 Å². The number of hydrogen-bond acceptors (Lipinski definition) is 3. The fourth-order valence-corrected chi connectivity index (χ4v) is 5.88. The van der Waals surface area contributed by atoms with Gasteiger partial charge in [-0.2, -0.15) is 0 Å². The van der Waals surface area contributed by atoms with Crippen molar-refractivity contribution in [3.05, 3.63) is 106 Å². The van der Waals surface area contributed by atoms with Gasteiger partial charge in [0.25, 0.3) is 0 Å². The Balaban J connectivity index is 1.63. The second kappa shape index (κ2) is 10.0. The molecule has 0 saturated heterocycles. The number of nitrogens with zero attached hydrogens (tertiary/aromatic N) is 1. The van der Waals surface area contributed by atoms with Gasteiger partial charge < -0.3 is 9.84 Å². The Morgan fingerprint density at radius 3 is 2.18 bits per heavy atom. The van der Waals surface area contributed by atoms with E-state index in [0.717, 1.165) is 47.5 Å². The van der Waals surface area contributed by atoms with Crippen molar-refractivity contribution in [3.8, 4) is 11.1 Å². The van der Waals surface area contributed by atoms with Crippen LogP contribution in [0, 0.1) is 20.8 Å². The first kappa shape index (κ1) is 26.1. The third-order valence-electron chi connectivity index (χ3n) is 7.65. The number of ether oxygens (including phenoxy) is 1. The second-order valence-corrected chi connectivity index (χ2v) is 11.6. The van der Waals surface area contributed by atoms with Gasteiger partial charge in [-0.1, -0.05) is 72.3 Å². The minimum Gasteiger partial charge on any atom is -0.479 e. The summed E-state index contributed by atoms with van der Waals surface area (Å²) >= 11 is 0. The van der Waals surface area contributed by atoms with Crippen molar-refractivity contribution in [2.45, 2.75) is 72.9 Å². The lowest BCUT2D eigenvalue weighted by Gasteiger charge is -2.30. The lowest BCUT2D eigenvalue weighted by atomic mass is 9.83. The summed E-state index contributed by atoms with van der Waals surface area (Å²) in [5.74, 6) is -0.957. The average molecular weight is 508 g/mol. The van der Waals surface area contributed by atoms with E-state index in [9.17, 15) is 9.90 Å². The molecule has 0 aromatic heterocycles. The maximum absolute atomic E-state index is 12.7. The molecule has 0 aliphatic carbocycles. The fraction of sp³-hybridized carbons (Fsp3) is 0.324. The van der Waals surface area contributed by atoms with Crippen LogP contribution in [-0.4, -0.2) is 21.6 Å². The van der Waals surface area contributed by atoms with Crippen LogP contribution in [-0.2, 0) is 29.2 Å². The lowest BCUT2D eigenvalue weighted by Crippen LogP contribution is -2.28. The maximum Gasteiger partial charge on any atom is 0.337 e. The summed E-state index contributed by atoms with van der Waals surface area (Å²) in [7, 11) is 0. The van der Waals surface area contributed by atoms with Crippen LogP contribution in [0.3, 0.4) is 0 Å². The van der Waals surface area contributed by atoms with Crippen LogP contribution in [0.1, 0.15) is 65.8 Å². The molecule has 38 heavy (non-hydrogen) atoms. The second-order valence-electron chi connectivity index (χ2n) is 11.6. The summed E-state index contributed by atoms with van der Waals surface area (Å²) < 4.78 is 6.22. The zero-order chi connectivity index (χ0) is 27.2. The monoisotopic (exact) mass is 507 g/mol. The Morgan fingerprint density at radius 2 is 1.53 bits per heavy atom. The molecule has 5 rings (SSSR count). The highest BCUT2D eigenvalue weighted by atomic mass is 16.5. The quantitative estimate of drug-likeness (QED) is 0.288. The average Bonchev–Trinajstić information content (AvgIpc) is 3.30. The first-order chi connectivity index (χ1) is 18.0. The molecule has 1 heterocycles. The molecule has 0 saturated carbocycles. The summed E-state index contributed by atoms with van der Waals surface area (Å²) in [6, 6.07) is 23.4. The number of fused-ring (bicyclic) bond motifs is 2. The van der Waals surface area contributed by atoms with E-state index in [0.29, 0.717) is 0 Å². The summed E-state index contributed by atoms with van der Waals surface area (Å²) in [4.78, 5) is 15.1. The highest BCUT2D eigenvalue weighted by Crippen LogP contribution is 2.44. The third kappa shape index (κ3) is 4.99. The summed E-state index contributed by atoms with van der Waals surface area (Å²) in [5, 5.41) is 12.9. The minimum absolute atomic E-state index is 0.604. The Labute approximate surface area is 225 Å². The largest absolute Gasteiger partial charge is 0.479 e. The van der Waals surface area contributed by atoms with Crippen LogP contribution < -0.4 is 0 Å². The maximum atomic E-state index is 12.7. The Bertz CT molecular complexity index is 1510. The van der Waals surface area contributed by atoms with Crippen molar-refractivity contribution in [3.63, 3.8) is 0 Å². The standard InChI is InChI=1S/C34H37NO3/c1-21-14-16-25(17-15-21)30-22(2)28-19-35(18-26-12-9-11-24-10-7-8-13-27(24)26)20-29(28)23(3)31(30)32(33(36)37)38-34(4,5)6/h7-17,32H,18-20H2,1-6H3,(H,36,37)/t32-/m0/s1. The summed E-state index contributed by atoms with van der Waals surface area (Å²) in [6.07, 6.45) is -1.05. The fourth-order valence-electron chi connectivity index (χ4n) is 5.88. The normalized spacial score (nSPS) is 14.6. The molecule has 4 nitrogen and oxygen atoms in total. The van der Waals surface area contributed by atoms with E-state index < -0.39 is 17.7 Å². The van der Waals surface area contributed by atoms with Gasteiger partial charge in [0.2, 0.25) is 0 Å². The molecule has 0 unspecified atom stereocenters. The first-order valence-electron chi connectivity index (χ1n) is 13.3. The molecule has 0 spiro atoms. The predicted molar refractivity (Wildman–Crippen MR) is 154 cm³/mol. The molecular formula is C34H37NO3. The zero-order valence-electron chi connectivity index (χ0n) is 23.3. The molecule has 1 aliphatic heterocycles. The Hall–Kier alpha value is -3.47. The molecule has 4 heteroatoms. The van der Waals surface area contributed by atoms with Crippen molar-refractivity contribution in [1.82, 2.24) is 4.90 Å². The molecule has 0 fully saturated rings. The molecule has 0 radical (unpaired) electrons. The number of hydrogen-bond donors (Lipinski definition) is 1. The van der Waals surface area contributed by atoms with E-state index in [1.807, 2.05) is 20.8 Å². The van der Waals surface area contributed by atoms with Crippen LogP contribution in [0.15, 0.2) is 66.7 Å². The SMILES string of the molecule is Cc1ccc(-c2c(C)c3c(c(C)c2[C@H](OC(C)(C)C)C(=O)O)CN(Cc2cccc4ccccc24)C3)cc1. The van der Waals surface area contributed by atoms with E-state index in [2.05, 4.69) is 92.4 Å². The van der Waals surface area contributed by atoms with Crippen molar-refractivity contribution < 1.29 is 14.6 Å². The number of benzene rings is 4. The Kier molecular flexibility index (Phi) is 6.89. The number of aryl methyl sites for hydroxylation is 1. The predicted octanol–water partition coefficient (Wildman–Crippen LogP) is 7.89.